The molecule has 2 atom stereocenters. The molecule has 3 rings (SSSR count). The van der Waals surface area contributed by atoms with Gasteiger partial charge in [-0.05, 0) is 18.7 Å². The van der Waals surface area contributed by atoms with Crippen LogP contribution in [0.2, 0.25) is 5.02 Å². The van der Waals surface area contributed by atoms with Crippen LogP contribution in [0.3, 0.4) is 0 Å². The summed E-state index contributed by atoms with van der Waals surface area (Å²) in [5.41, 5.74) is -0.305. The molecule has 0 saturated carbocycles. The standard InChI is InChI=1S/C13H13ClF2N2O/c1-7-18-10-3-2-9(14)12(16)11(10)13(19-7)4-8(15)5-17-6-13/h2-3,8,17-18H,1,4-6H2. The van der Waals surface area contributed by atoms with E-state index in [1.54, 1.807) is 6.07 Å². The van der Waals surface area contributed by atoms with Crippen molar-refractivity contribution in [1.82, 2.24) is 5.32 Å². The zero-order chi connectivity index (χ0) is 13.6. The van der Waals surface area contributed by atoms with E-state index in [0.29, 0.717) is 12.2 Å². The lowest BCUT2D eigenvalue weighted by Gasteiger charge is -2.44. The van der Waals surface area contributed by atoms with Crippen LogP contribution in [0.15, 0.2) is 24.6 Å². The molecule has 1 aromatic carbocycles. The highest BCUT2D eigenvalue weighted by Gasteiger charge is 2.46. The zero-order valence-corrected chi connectivity index (χ0v) is 10.9. The first-order chi connectivity index (χ1) is 9.02. The highest BCUT2D eigenvalue weighted by atomic mass is 35.5. The van der Waals surface area contributed by atoms with Gasteiger partial charge in [0, 0.05) is 19.5 Å². The van der Waals surface area contributed by atoms with Crippen molar-refractivity contribution in [3.05, 3.63) is 41.0 Å². The summed E-state index contributed by atoms with van der Waals surface area (Å²) >= 11 is 5.83. The maximum Gasteiger partial charge on any atom is 0.184 e. The number of piperidine rings is 1. The van der Waals surface area contributed by atoms with Crippen molar-refractivity contribution in [3.63, 3.8) is 0 Å². The van der Waals surface area contributed by atoms with E-state index in [1.807, 2.05) is 0 Å². The van der Waals surface area contributed by atoms with Gasteiger partial charge in [0.2, 0.25) is 0 Å². The van der Waals surface area contributed by atoms with Crippen LogP contribution < -0.4 is 10.6 Å². The van der Waals surface area contributed by atoms with Crippen LogP contribution in [0.1, 0.15) is 12.0 Å². The number of nitrogens with one attached hydrogen (secondary N) is 2. The third kappa shape index (κ3) is 1.97. The molecule has 102 valence electrons. The summed E-state index contributed by atoms with van der Waals surface area (Å²) in [5.74, 6) is -0.291. The van der Waals surface area contributed by atoms with E-state index in [1.165, 1.54) is 6.07 Å². The molecule has 0 aromatic heterocycles. The number of ether oxygens (including phenoxy) is 1. The van der Waals surface area contributed by atoms with Crippen LogP contribution in [-0.2, 0) is 10.3 Å². The SMILES string of the molecule is C=C1Nc2ccc(Cl)c(F)c2C2(CNCC(F)C2)O1. The van der Waals surface area contributed by atoms with E-state index >= 15 is 0 Å². The Hall–Kier alpha value is -1.33. The minimum Gasteiger partial charge on any atom is -0.466 e. The zero-order valence-electron chi connectivity index (χ0n) is 10.1. The molecule has 2 N–H and O–H groups in total. The van der Waals surface area contributed by atoms with Gasteiger partial charge in [-0.15, -0.1) is 0 Å². The minimum absolute atomic E-state index is 0.00276. The Morgan fingerprint density at radius 1 is 1.47 bits per heavy atom. The fraction of sp³-hybridized carbons (Fsp3) is 0.385. The van der Waals surface area contributed by atoms with Gasteiger partial charge in [-0.25, -0.2) is 8.78 Å². The number of halogens is 3. The average molecular weight is 287 g/mol. The lowest BCUT2D eigenvalue weighted by molar-refractivity contribution is -0.0480. The highest BCUT2D eigenvalue weighted by molar-refractivity contribution is 6.30. The number of fused-ring (bicyclic) bond motifs is 2. The average Bonchev–Trinajstić information content (AvgIpc) is 2.33. The van der Waals surface area contributed by atoms with E-state index in [0.717, 1.165) is 0 Å². The van der Waals surface area contributed by atoms with Crippen LogP contribution >= 0.6 is 11.6 Å². The first kappa shape index (κ1) is 12.7. The van der Waals surface area contributed by atoms with Crippen LogP contribution in [0, 0.1) is 5.82 Å². The van der Waals surface area contributed by atoms with E-state index in [-0.39, 0.29) is 29.4 Å². The third-order valence-electron chi connectivity index (χ3n) is 3.47. The smallest absolute Gasteiger partial charge is 0.184 e. The van der Waals surface area contributed by atoms with Gasteiger partial charge in [-0.2, -0.15) is 0 Å². The van der Waals surface area contributed by atoms with E-state index < -0.39 is 17.6 Å². The van der Waals surface area contributed by atoms with Gasteiger partial charge in [-0.3, -0.25) is 0 Å². The van der Waals surface area contributed by atoms with E-state index in [9.17, 15) is 8.78 Å². The van der Waals surface area contributed by atoms with Crippen molar-refractivity contribution in [1.29, 1.82) is 0 Å². The molecule has 0 radical (unpaired) electrons. The molecule has 2 aliphatic rings. The molecule has 6 heteroatoms. The van der Waals surface area contributed by atoms with Gasteiger partial charge in [0.25, 0.3) is 0 Å². The van der Waals surface area contributed by atoms with Crippen molar-refractivity contribution in [2.24, 2.45) is 0 Å². The first-order valence-electron chi connectivity index (χ1n) is 6.00. The Morgan fingerprint density at radius 3 is 3.00 bits per heavy atom. The Labute approximate surface area is 114 Å². The lowest BCUT2D eigenvalue weighted by atomic mass is 9.83. The summed E-state index contributed by atoms with van der Waals surface area (Å²) in [6.07, 6.45) is -1.03. The molecule has 2 heterocycles. The van der Waals surface area contributed by atoms with Crippen molar-refractivity contribution >= 4 is 17.3 Å². The second-order valence-corrected chi connectivity index (χ2v) is 5.27. The molecule has 1 aromatic rings. The van der Waals surface area contributed by atoms with Crippen LogP contribution in [0.25, 0.3) is 0 Å². The summed E-state index contributed by atoms with van der Waals surface area (Å²) in [5, 5.41) is 5.77. The largest absolute Gasteiger partial charge is 0.466 e. The molecule has 0 aliphatic carbocycles. The first-order valence-corrected chi connectivity index (χ1v) is 6.38. The molecular formula is C13H13ClF2N2O. The van der Waals surface area contributed by atoms with E-state index in [4.69, 9.17) is 16.3 Å². The maximum atomic E-state index is 14.3. The summed E-state index contributed by atoms with van der Waals surface area (Å²) in [6.45, 7) is 4.26. The normalized spacial score (nSPS) is 29.6. The summed E-state index contributed by atoms with van der Waals surface area (Å²) < 4.78 is 33.7. The number of anilines is 1. The summed E-state index contributed by atoms with van der Waals surface area (Å²) in [4.78, 5) is 0. The summed E-state index contributed by atoms with van der Waals surface area (Å²) in [6, 6.07) is 3.11. The Bertz CT molecular complexity index is 552. The molecule has 2 unspecified atom stereocenters. The van der Waals surface area contributed by atoms with Gasteiger partial charge in [0.1, 0.15) is 6.17 Å². The van der Waals surface area contributed by atoms with Gasteiger partial charge in [0.05, 0.1) is 16.3 Å². The van der Waals surface area contributed by atoms with E-state index in [2.05, 4.69) is 17.2 Å². The molecule has 0 amide bonds. The molecule has 1 spiro atoms. The predicted octanol–water partition coefficient (Wildman–Crippen LogP) is 2.92. The predicted molar refractivity (Wildman–Crippen MR) is 69.3 cm³/mol. The quantitative estimate of drug-likeness (QED) is 0.769. The Balaban J connectivity index is 2.17. The minimum atomic E-state index is -1.11. The van der Waals surface area contributed by atoms with Gasteiger partial charge >= 0.3 is 0 Å². The van der Waals surface area contributed by atoms with Crippen LogP contribution in [-0.4, -0.2) is 19.3 Å². The number of benzene rings is 1. The highest BCUT2D eigenvalue weighted by Crippen LogP contribution is 2.45. The molecule has 19 heavy (non-hydrogen) atoms. The number of rotatable bonds is 0. The Kier molecular flexibility index (Phi) is 2.91. The molecule has 1 fully saturated rings. The lowest BCUT2D eigenvalue weighted by Crippen LogP contribution is -2.52. The molecular weight excluding hydrogens is 274 g/mol. The molecule has 3 nitrogen and oxygen atoms in total. The molecule has 0 bridgehead atoms. The third-order valence-corrected chi connectivity index (χ3v) is 3.76. The van der Waals surface area contributed by atoms with Crippen molar-refractivity contribution in [3.8, 4) is 0 Å². The second-order valence-electron chi connectivity index (χ2n) is 4.86. The number of hydrogen-bond donors (Lipinski definition) is 2. The maximum absolute atomic E-state index is 14.3. The number of alkyl halides is 1. The van der Waals surface area contributed by atoms with Gasteiger partial charge in [-0.1, -0.05) is 11.6 Å². The van der Waals surface area contributed by atoms with Crippen molar-refractivity contribution in [2.45, 2.75) is 18.2 Å². The van der Waals surface area contributed by atoms with Crippen LogP contribution in [0.5, 0.6) is 0 Å². The van der Waals surface area contributed by atoms with Crippen LogP contribution in [0.4, 0.5) is 14.5 Å². The fourth-order valence-corrected chi connectivity index (χ4v) is 2.92. The van der Waals surface area contributed by atoms with Gasteiger partial charge < -0.3 is 15.4 Å². The second kappa shape index (κ2) is 4.35. The monoisotopic (exact) mass is 286 g/mol. The van der Waals surface area contributed by atoms with Crippen molar-refractivity contribution in [2.75, 3.05) is 18.4 Å². The summed E-state index contributed by atoms with van der Waals surface area (Å²) in [7, 11) is 0. The number of hydrogen-bond acceptors (Lipinski definition) is 3. The molecule has 2 aliphatic heterocycles. The molecule has 1 saturated heterocycles. The van der Waals surface area contributed by atoms with Gasteiger partial charge in [0.15, 0.2) is 17.3 Å². The fourth-order valence-electron chi connectivity index (χ4n) is 2.76. The topological polar surface area (TPSA) is 33.3 Å². The Morgan fingerprint density at radius 2 is 2.26 bits per heavy atom. The van der Waals surface area contributed by atoms with Crippen molar-refractivity contribution < 1.29 is 13.5 Å².